The average molecular weight is 388 g/mol. The van der Waals surface area contributed by atoms with Crippen molar-refractivity contribution in [3.05, 3.63) is 51.8 Å². The highest BCUT2D eigenvalue weighted by Gasteiger charge is 2.28. The van der Waals surface area contributed by atoms with Gasteiger partial charge in [0.1, 0.15) is 6.33 Å². The fourth-order valence-corrected chi connectivity index (χ4v) is 3.29. The average Bonchev–Trinajstić information content (AvgIpc) is 3.10. The molecule has 0 spiro atoms. The number of carbonyl (C=O) groups is 1. The number of esters is 1. The maximum Gasteiger partial charge on any atom is 0.358 e. The predicted octanol–water partition coefficient (Wildman–Crippen LogP) is 2.60. The van der Waals surface area contributed by atoms with Crippen LogP contribution in [0.25, 0.3) is 11.4 Å². The molecule has 7 nitrogen and oxygen atoms in total. The Morgan fingerprint density at radius 1 is 1.33 bits per heavy atom. The van der Waals surface area contributed by atoms with Gasteiger partial charge in [0.25, 0.3) is 0 Å². The van der Waals surface area contributed by atoms with E-state index in [1.54, 1.807) is 17.9 Å². The zero-order chi connectivity index (χ0) is 16.8. The summed E-state index contributed by atoms with van der Waals surface area (Å²) in [5.74, 6) is -0.419. The number of hydrogen-bond acceptors (Lipinski definition) is 5. The van der Waals surface area contributed by atoms with Gasteiger partial charge in [-0.2, -0.15) is 0 Å². The first-order valence-electron chi connectivity index (χ1n) is 7.55. The minimum atomic E-state index is -0.419. The number of halogens is 1. The van der Waals surface area contributed by atoms with Crippen molar-refractivity contribution in [1.29, 1.82) is 0 Å². The van der Waals surface area contributed by atoms with E-state index in [0.717, 1.165) is 28.3 Å². The lowest BCUT2D eigenvalue weighted by Gasteiger charge is -2.10. The normalized spacial score (nSPS) is 12.1. The van der Waals surface area contributed by atoms with Gasteiger partial charge in [-0.3, -0.25) is 4.57 Å². The molecule has 0 bridgehead atoms. The van der Waals surface area contributed by atoms with Gasteiger partial charge in [-0.15, -0.1) is 5.10 Å². The molecule has 3 aromatic rings. The summed E-state index contributed by atoms with van der Waals surface area (Å²) in [6.45, 7) is 4.11. The molecule has 4 rings (SSSR count). The Kier molecular flexibility index (Phi) is 3.49. The topological polar surface area (TPSA) is 74.8 Å². The maximum atomic E-state index is 12.2. The summed E-state index contributed by atoms with van der Waals surface area (Å²) < 4.78 is 9.51. The standard InChI is InChI=1S/C16H14BrN5O2/c1-3-24-16(23)14-12-7-13-15(17)19-20-22(13)11-6-9(2)4-5-10(11)21(12)8-18-14/h4-6,8H,3,7H2,1-2H3. The molecule has 122 valence electrons. The van der Waals surface area contributed by atoms with Gasteiger partial charge in [0.2, 0.25) is 0 Å². The van der Waals surface area contributed by atoms with Crippen molar-refractivity contribution in [3.8, 4) is 11.4 Å². The van der Waals surface area contributed by atoms with E-state index in [2.05, 4.69) is 31.2 Å². The number of rotatable bonds is 2. The predicted molar refractivity (Wildman–Crippen MR) is 89.7 cm³/mol. The van der Waals surface area contributed by atoms with Crippen LogP contribution in [0.2, 0.25) is 0 Å². The molecule has 0 N–H and O–H groups in total. The zero-order valence-corrected chi connectivity index (χ0v) is 14.7. The third-order valence-corrected chi connectivity index (χ3v) is 4.62. The summed E-state index contributed by atoms with van der Waals surface area (Å²) in [7, 11) is 0. The molecular formula is C16H14BrN5O2. The summed E-state index contributed by atoms with van der Waals surface area (Å²) in [5, 5.41) is 8.36. The van der Waals surface area contributed by atoms with Gasteiger partial charge in [0.15, 0.2) is 10.3 Å². The first kappa shape index (κ1) is 15.1. The van der Waals surface area contributed by atoms with Crippen LogP contribution in [-0.4, -0.2) is 37.1 Å². The number of nitrogens with zero attached hydrogens (tertiary/aromatic N) is 5. The number of aromatic nitrogens is 5. The van der Waals surface area contributed by atoms with Gasteiger partial charge in [-0.05, 0) is 47.5 Å². The smallest absolute Gasteiger partial charge is 0.358 e. The highest BCUT2D eigenvalue weighted by Crippen LogP contribution is 2.32. The molecule has 0 unspecified atom stereocenters. The number of ether oxygens (including phenoxy) is 1. The zero-order valence-electron chi connectivity index (χ0n) is 13.2. The minimum Gasteiger partial charge on any atom is -0.461 e. The SMILES string of the molecule is CCOC(=O)c1ncn2c1Cc1c(Br)nnn1-c1cc(C)ccc1-2. The maximum absolute atomic E-state index is 12.2. The minimum absolute atomic E-state index is 0.310. The Hall–Kier alpha value is -2.48. The Morgan fingerprint density at radius 2 is 2.17 bits per heavy atom. The summed E-state index contributed by atoms with van der Waals surface area (Å²) in [6.07, 6.45) is 2.12. The van der Waals surface area contributed by atoms with Crippen LogP contribution in [0.4, 0.5) is 0 Å². The van der Waals surface area contributed by atoms with Gasteiger partial charge in [0.05, 0.1) is 29.4 Å². The lowest BCUT2D eigenvalue weighted by molar-refractivity contribution is 0.0519. The molecule has 1 aromatic carbocycles. The van der Waals surface area contributed by atoms with Crippen LogP contribution in [0.5, 0.6) is 0 Å². The summed E-state index contributed by atoms with van der Waals surface area (Å²) in [5.41, 5.74) is 4.86. The molecule has 3 heterocycles. The quantitative estimate of drug-likeness (QED) is 0.494. The third-order valence-electron chi connectivity index (χ3n) is 4.00. The molecule has 0 fully saturated rings. The molecule has 0 radical (unpaired) electrons. The fourth-order valence-electron chi connectivity index (χ4n) is 2.91. The lowest BCUT2D eigenvalue weighted by Crippen LogP contribution is -2.10. The molecular weight excluding hydrogens is 374 g/mol. The number of hydrogen-bond donors (Lipinski definition) is 0. The van der Waals surface area contributed by atoms with Crippen molar-refractivity contribution in [3.63, 3.8) is 0 Å². The molecule has 0 saturated heterocycles. The van der Waals surface area contributed by atoms with Crippen molar-refractivity contribution in [2.75, 3.05) is 6.61 Å². The number of benzene rings is 1. The summed E-state index contributed by atoms with van der Waals surface area (Å²) in [4.78, 5) is 16.5. The van der Waals surface area contributed by atoms with Crippen molar-refractivity contribution >= 4 is 21.9 Å². The lowest BCUT2D eigenvalue weighted by atomic mass is 10.2. The van der Waals surface area contributed by atoms with Gasteiger partial charge in [-0.1, -0.05) is 11.3 Å². The van der Waals surface area contributed by atoms with Crippen LogP contribution in [-0.2, 0) is 11.2 Å². The van der Waals surface area contributed by atoms with E-state index < -0.39 is 5.97 Å². The first-order chi connectivity index (χ1) is 11.6. The van der Waals surface area contributed by atoms with Crippen molar-refractivity contribution < 1.29 is 9.53 Å². The Bertz CT molecular complexity index is 960. The second-order valence-electron chi connectivity index (χ2n) is 5.54. The van der Waals surface area contributed by atoms with E-state index in [9.17, 15) is 4.79 Å². The van der Waals surface area contributed by atoms with E-state index >= 15 is 0 Å². The van der Waals surface area contributed by atoms with Crippen LogP contribution >= 0.6 is 15.9 Å². The molecule has 0 atom stereocenters. The Morgan fingerprint density at radius 3 is 2.96 bits per heavy atom. The first-order valence-corrected chi connectivity index (χ1v) is 8.34. The highest BCUT2D eigenvalue weighted by atomic mass is 79.9. The van der Waals surface area contributed by atoms with E-state index in [1.807, 2.05) is 29.7 Å². The van der Waals surface area contributed by atoms with Gasteiger partial charge in [-0.25, -0.2) is 14.5 Å². The molecule has 24 heavy (non-hydrogen) atoms. The van der Waals surface area contributed by atoms with E-state index in [1.165, 1.54) is 0 Å². The summed E-state index contributed by atoms with van der Waals surface area (Å²) in [6, 6.07) is 6.05. The molecule has 0 amide bonds. The summed E-state index contributed by atoms with van der Waals surface area (Å²) >= 11 is 3.45. The highest BCUT2D eigenvalue weighted by molar-refractivity contribution is 9.10. The fraction of sp³-hybridized carbons (Fsp3) is 0.250. The molecule has 0 aliphatic carbocycles. The van der Waals surface area contributed by atoms with Crippen LogP contribution in [0.3, 0.4) is 0 Å². The van der Waals surface area contributed by atoms with Crippen molar-refractivity contribution in [2.45, 2.75) is 20.3 Å². The number of imidazole rings is 1. The molecule has 2 aromatic heterocycles. The molecule has 0 saturated carbocycles. The van der Waals surface area contributed by atoms with E-state index in [4.69, 9.17) is 4.74 Å². The molecule has 8 heteroatoms. The van der Waals surface area contributed by atoms with Crippen LogP contribution in [0, 0.1) is 6.92 Å². The van der Waals surface area contributed by atoms with Crippen LogP contribution < -0.4 is 0 Å². The van der Waals surface area contributed by atoms with Crippen molar-refractivity contribution in [1.82, 2.24) is 24.5 Å². The number of carbonyl (C=O) groups excluding carboxylic acids is 1. The van der Waals surface area contributed by atoms with Crippen LogP contribution in [0.1, 0.15) is 34.4 Å². The van der Waals surface area contributed by atoms with Gasteiger partial charge >= 0.3 is 5.97 Å². The van der Waals surface area contributed by atoms with Gasteiger partial charge in [0, 0.05) is 6.42 Å². The second-order valence-corrected chi connectivity index (χ2v) is 6.29. The van der Waals surface area contributed by atoms with Crippen molar-refractivity contribution in [2.24, 2.45) is 0 Å². The van der Waals surface area contributed by atoms with Crippen LogP contribution in [0.15, 0.2) is 29.1 Å². The van der Waals surface area contributed by atoms with E-state index in [0.29, 0.717) is 23.3 Å². The molecule has 1 aliphatic heterocycles. The largest absolute Gasteiger partial charge is 0.461 e. The Labute approximate surface area is 146 Å². The van der Waals surface area contributed by atoms with Gasteiger partial charge < -0.3 is 4.74 Å². The van der Waals surface area contributed by atoms with E-state index in [-0.39, 0.29) is 0 Å². The monoisotopic (exact) mass is 387 g/mol. The Balaban J connectivity index is 2.00. The molecule has 1 aliphatic rings. The second kappa shape index (κ2) is 5.55. The number of fused-ring (bicyclic) bond motifs is 5. The third kappa shape index (κ3) is 2.17. The number of aryl methyl sites for hydroxylation is 1.